The van der Waals surface area contributed by atoms with Crippen molar-refractivity contribution in [2.45, 2.75) is 19.9 Å². The minimum atomic E-state index is -0.476. The molecule has 0 bridgehead atoms. The van der Waals surface area contributed by atoms with E-state index in [4.69, 9.17) is 45.9 Å². The first kappa shape index (κ1) is 64.3. The maximum absolute atomic E-state index is 10.9. The van der Waals surface area contributed by atoms with E-state index in [1.165, 1.54) is 41.6 Å². The predicted octanol–water partition coefficient (Wildman–Crippen LogP) is 9.86. The van der Waals surface area contributed by atoms with Gasteiger partial charge in [-0.1, -0.05) is 139 Å². The Morgan fingerprint density at radius 3 is 1.20 bits per heavy atom. The lowest BCUT2D eigenvalue weighted by Crippen LogP contribution is -2.39. The summed E-state index contributed by atoms with van der Waals surface area (Å²) in [4.78, 5) is 34.8. The molecule has 0 amide bonds. The second kappa shape index (κ2) is 37.7. The number of hydrogen-bond donors (Lipinski definition) is 10. The normalized spacial score (nSPS) is 10.6. The van der Waals surface area contributed by atoms with Gasteiger partial charge in [-0.15, -0.1) is 0 Å². The Balaban J connectivity index is 0.000000245. The zero-order valence-electron chi connectivity index (χ0n) is 44.9. The van der Waals surface area contributed by atoms with E-state index in [0.717, 1.165) is 71.3 Å². The minimum absolute atomic E-state index is 0.0133. The summed E-state index contributed by atoms with van der Waals surface area (Å²) < 4.78 is 0. The molecule has 18 N–H and O–H groups in total. The molecular formula is C62H73N13O5. The monoisotopic (exact) mass is 1080 g/mol. The smallest absolute Gasteiger partial charge is 0.272 e. The molecule has 18 nitrogen and oxygen atoms in total. The summed E-state index contributed by atoms with van der Waals surface area (Å²) in [5.74, 6) is -0.0133. The number of carbonyl (C=O) groups excluding carboxylic acids is 1. The van der Waals surface area contributed by atoms with E-state index >= 15 is 0 Å². The molecule has 1 aliphatic heterocycles. The first-order valence-electron chi connectivity index (χ1n) is 25.3. The summed E-state index contributed by atoms with van der Waals surface area (Å²) in [6, 6.07) is 68.0. The van der Waals surface area contributed by atoms with E-state index in [1.807, 2.05) is 159 Å². The molecule has 9 aromatic rings. The van der Waals surface area contributed by atoms with Gasteiger partial charge in [0.2, 0.25) is 0 Å². The first-order valence-corrected chi connectivity index (χ1v) is 25.3. The first-order chi connectivity index (χ1) is 38.6. The van der Waals surface area contributed by atoms with Crippen LogP contribution in [0, 0.1) is 27.2 Å². The average Bonchev–Trinajstić information content (AvgIpc) is 3.50. The Hall–Kier alpha value is -9.98. The third-order valence-corrected chi connectivity index (χ3v) is 10.8. The molecule has 0 aliphatic carbocycles. The Bertz CT molecular complexity index is 2980. The molecule has 0 unspecified atom stereocenters. The largest absolute Gasteiger partial charge is 0.399 e. The van der Waals surface area contributed by atoms with Crippen LogP contribution in [-0.2, 0) is 13.0 Å². The summed E-state index contributed by atoms with van der Waals surface area (Å²) in [7, 11) is 0. The molecule has 0 spiro atoms. The van der Waals surface area contributed by atoms with E-state index in [2.05, 4.69) is 15.6 Å². The Labute approximate surface area is 468 Å². The number of nitrogens with one attached hydrogen (secondary N) is 2. The van der Waals surface area contributed by atoms with Crippen LogP contribution in [0.1, 0.15) is 32.7 Å². The van der Waals surface area contributed by atoms with Crippen molar-refractivity contribution < 1.29 is 14.6 Å². The number of anilines is 6. The molecule has 416 valence electrons. The second-order valence-electron chi connectivity index (χ2n) is 17.3. The predicted molar refractivity (Wildman–Crippen MR) is 329 cm³/mol. The van der Waals surface area contributed by atoms with Crippen molar-refractivity contribution in [1.29, 1.82) is 0 Å². The Morgan fingerprint density at radius 2 is 0.850 bits per heavy atom. The van der Waals surface area contributed by atoms with Gasteiger partial charge < -0.3 is 56.5 Å². The molecule has 10 rings (SSSR count). The molecule has 0 radical (unpaired) electrons. The fraction of sp³-hybridized carbons (Fsp3) is 0.129. The average molecular weight is 1080 g/mol. The number of aryl methyl sites for hydroxylation is 1. The van der Waals surface area contributed by atoms with E-state index < -0.39 is 9.85 Å². The van der Waals surface area contributed by atoms with Crippen LogP contribution in [0.25, 0.3) is 11.1 Å². The van der Waals surface area contributed by atoms with Gasteiger partial charge >= 0.3 is 0 Å². The number of benzene rings is 8. The molecule has 1 fully saturated rings. The van der Waals surface area contributed by atoms with Crippen LogP contribution < -0.4 is 56.5 Å². The zero-order valence-corrected chi connectivity index (χ0v) is 44.9. The molecular weight excluding hydrogens is 1010 g/mol. The van der Waals surface area contributed by atoms with Crippen molar-refractivity contribution in [1.82, 2.24) is 15.6 Å². The van der Waals surface area contributed by atoms with Crippen LogP contribution in [-0.4, -0.2) is 53.3 Å². The van der Waals surface area contributed by atoms with E-state index in [-0.39, 0.29) is 23.7 Å². The van der Waals surface area contributed by atoms with Gasteiger partial charge in [-0.3, -0.25) is 30.0 Å². The molecule has 8 aromatic carbocycles. The number of non-ortho nitro benzene ring substituents is 1. The van der Waals surface area contributed by atoms with Gasteiger partial charge in [0.15, 0.2) is 5.78 Å². The van der Waals surface area contributed by atoms with Gasteiger partial charge in [0.25, 0.3) is 11.4 Å². The second-order valence-corrected chi connectivity index (χ2v) is 17.3. The number of Topliss-reactive ketones (excluding diaryl/α,β-unsaturated/α-hetero) is 1. The number of aromatic nitrogens is 1. The summed E-state index contributed by atoms with van der Waals surface area (Å²) in [6.07, 6.45) is 2.08. The molecule has 1 saturated heterocycles. The lowest BCUT2D eigenvalue weighted by Gasteiger charge is -2.11. The molecule has 2 heterocycles. The number of nitrogens with two attached hydrogens (primary N) is 8. The molecule has 1 aliphatic rings. The summed E-state index contributed by atoms with van der Waals surface area (Å²) in [5, 5.41) is 27.1. The highest BCUT2D eigenvalue weighted by Gasteiger charge is 2.07. The third kappa shape index (κ3) is 28.2. The maximum atomic E-state index is 10.9. The number of nitrogen functional groups attached to an aromatic ring is 6. The number of nitro groups is 2. The van der Waals surface area contributed by atoms with Gasteiger partial charge in [-0.2, -0.15) is 0 Å². The van der Waals surface area contributed by atoms with Crippen LogP contribution in [0.15, 0.2) is 231 Å². The zero-order chi connectivity index (χ0) is 58.3. The van der Waals surface area contributed by atoms with Crippen molar-refractivity contribution >= 4 is 51.3 Å². The van der Waals surface area contributed by atoms with Crippen molar-refractivity contribution in [2.24, 2.45) is 11.5 Å². The van der Waals surface area contributed by atoms with Crippen molar-refractivity contribution in [3.05, 3.63) is 279 Å². The third-order valence-electron chi connectivity index (χ3n) is 10.8. The van der Waals surface area contributed by atoms with E-state index in [9.17, 15) is 25.0 Å². The molecule has 18 heteroatoms. The topological polar surface area (TPSA) is 348 Å². The number of nitrogens with zero attached hydrogens (tertiary/aromatic N) is 3. The summed E-state index contributed by atoms with van der Waals surface area (Å²) >= 11 is 0. The SMILES string of the molecule is C1CNCCN1.Cc1ccc(N)cc1.NCC(=O)c1ccccc1.NCc1ccccc1.Nc1ccc(-c2ccc(N)cc2)cc1.Nc1ccc(N)cc1.Nc1cccc([N+](=O)[O-])c1.O=[N+]([O-])c1ccnc(Cc2ccccc2)c1. The lowest BCUT2D eigenvalue weighted by atomic mass is 10.1. The van der Waals surface area contributed by atoms with Crippen LogP contribution in [0.5, 0.6) is 0 Å². The molecule has 80 heavy (non-hydrogen) atoms. The Morgan fingerprint density at radius 1 is 0.463 bits per heavy atom. The van der Waals surface area contributed by atoms with Crippen molar-refractivity contribution in [3.63, 3.8) is 0 Å². The van der Waals surface area contributed by atoms with Crippen LogP contribution in [0.4, 0.5) is 45.5 Å². The highest BCUT2D eigenvalue weighted by atomic mass is 16.6. The number of nitro benzene ring substituents is 1. The van der Waals surface area contributed by atoms with Gasteiger partial charge in [0.1, 0.15) is 0 Å². The number of pyridine rings is 1. The van der Waals surface area contributed by atoms with Crippen molar-refractivity contribution in [2.75, 3.05) is 67.1 Å². The highest BCUT2D eigenvalue weighted by Crippen LogP contribution is 2.21. The molecule has 1 aromatic heterocycles. The van der Waals surface area contributed by atoms with Crippen molar-refractivity contribution in [3.8, 4) is 11.1 Å². The van der Waals surface area contributed by atoms with Crippen LogP contribution in [0.2, 0.25) is 0 Å². The standard InChI is InChI=1S/C12H10N2O2.C12H12N2.C8H9NO.2C7H9N.C6H6N2O2.C6H8N2.C4H10N2/c15-14(16)12-6-7-13-11(9-12)8-10-4-2-1-3-5-10;13-11-5-1-9(2-6-11)10-3-7-12(14)8-4-10;9-6-8(10)7-4-2-1-3-5-7;1-6-2-4-7(8)5-3-6;8-6-7-4-2-1-3-5-7;7-5-2-1-3-6(4-5)8(9)10;7-5-1-2-6(8)4-3-5;1-2-6-4-3-5-1/h1-7,9H,8H2;1-8H,13-14H2;1-5H,6,9H2;2-5H,8H2,1H3;1-5H,6,8H2;1-4H,7H2;1-4H,7-8H2;5-6H,1-4H2. The number of piperazine rings is 1. The number of rotatable bonds is 8. The van der Waals surface area contributed by atoms with Gasteiger partial charge in [-0.05, 0) is 95.9 Å². The van der Waals surface area contributed by atoms with E-state index in [1.54, 1.807) is 48.5 Å². The fourth-order valence-corrected chi connectivity index (χ4v) is 6.49. The number of carbonyl (C=O) groups is 1. The summed E-state index contributed by atoms with van der Waals surface area (Å²) in [6.45, 7) is 7.32. The van der Waals surface area contributed by atoms with Crippen LogP contribution in [0.3, 0.4) is 0 Å². The molecule has 0 saturated carbocycles. The van der Waals surface area contributed by atoms with Crippen LogP contribution >= 0.6 is 0 Å². The van der Waals surface area contributed by atoms with Gasteiger partial charge in [-0.25, -0.2) is 0 Å². The lowest BCUT2D eigenvalue weighted by molar-refractivity contribution is -0.385. The van der Waals surface area contributed by atoms with Gasteiger partial charge in [0.05, 0.1) is 22.1 Å². The highest BCUT2D eigenvalue weighted by molar-refractivity contribution is 5.97. The molecule has 0 atom stereocenters. The maximum Gasteiger partial charge on any atom is 0.272 e. The Kier molecular flexibility index (Phi) is 30.3. The minimum Gasteiger partial charge on any atom is -0.399 e. The van der Waals surface area contributed by atoms with E-state index in [0.29, 0.717) is 29.9 Å². The number of ketones is 1. The van der Waals surface area contributed by atoms with Gasteiger partial charge in [0, 0.05) is 109 Å². The number of hydrogen-bond acceptors (Lipinski definition) is 16. The fourth-order valence-electron chi connectivity index (χ4n) is 6.49. The quantitative estimate of drug-likeness (QED) is 0.0293. The summed E-state index contributed by atoms with van der Waals surface area (Å²) in [5.41, 5.74) is 54.8.